The summed E-state index contributed by atoms with van der Waals surface area (Å²) in [6, 6.07) is 2.69. The fourth-order valence-electron chi connectivity index (χ4n) is 1.26. The summed E-state index contributed by atoms with van der Waals surface area (Å²) in [4.78, 5) is 28.5. The van der Waals surface area contributed by atoms with Gasteiger partial charge >= 0.3 is 11.8 Å². The van der Waals surface area contributed by atoms with E-state index in [0.717, 1.165) is 16.4 Å². The zero-order valence-corrected chi connectivity index (χ0v) is 10.1. The monoisotopic (exact) mass is 281 g/mol. The summed E-state index contributed by atoms with van der Waals surface area (Å²) in [7, 11) is 0. The average molecular weight is 281 g/mol. The van der Waals surface area contributed by atoms with Crippen molar-refractivity contribution in [1.82, 2.24) is 19.7 Å². The molecule has 0 saturated heterocycles. The molecule has 2 aromatic heterocycles. The molecule has 0 aliphatic rings. The largest absolute Gasteiger partial charge is 0.481 e. The molecule has 0 aliphatic carbocycles. The molecule has 0 bridgehead atoms. The van der Waals surface area contributed by atoms with Gasteiger partial charge in [-0.1, -0.05) is 21.5 Å². The summed E-state index contributed by atoms with van der Waals surface area (Å²) in [5, 5.41) is 23.4. The third-order valence-corrected chi connectivity index (χ3v) is 2.82. The van der Waals surface area contributed by atoms with Crippen LogP contribution in [-0.2, 0) is 4.79 Å². The van der Waals surface area contributed by atoms with Crippen LogP contribution in [-0.4, -0.2) is 41.5 Å². The van der Waals surface area contributed by atoms with Crippen molar-refractivity contribution in [3.63, 3.8) is 0 Å². The summed E-state index contributed by atoms with van der Waals surface area (Å²) >= 11 is 0.921. The molecule has 19 heavy (non-hydrogen) atoms. The van der Waals surface area contributed by atoms with Gasteiger partial charge in [0.2, 0.25) is 0 Å². The molecule has 2 aromatic rings. The van der Waals surface area contributed by atoms with Crippen LogP contribution in [0.15, 0.2) is 29.7 Å². The molecule has 0 spiro atoms. The lowest BCUT2D eigenvalue weighted by Gasteiger charge is -2.00. The number of carboxylic acid groups (broad SMARTS) is 1. The predicted molar refractivity (Wildman–Crippen MR) is 64.2 cm³/mol. The van der Waals surface area contributed by atoms with Crippen molar-refractivity contribution < 1.29 is 14.8 Å². The molecule has 98 valence electrons. The van der Waals surface area contributed by atoms with Gasteiger partial charge in [0, 0.05) is 12.3 Å². The first-order chi connectivity index (χ1) is 9.08. The van der Waals surface area contributed by atoms with E-state index in [1.165, 1.54) is 24.5 Å². The molecule has 1 N–H and O–H groups in total. The second-order valence-corrected chi connectivity index (χ2v) is 4.18. The van der Waals surface area contributed by atoms with Crippen molar-refractivity contribution in [3.8, 4) is 5.82 Å². The number of rotatable bonds is 5. The van der Waals surface area contributed by atoms with Crippen molar-refractivity contribution in [2.45, 2.75) is 5.16 Å². The summed E-state index contributed by atoms with van der Waals surface area (Å²) in [5.41, 5.74) is 0. The molecule has 2 heterocycles. The molecule has 0 atom stereocenters. The van der Waals surface area contributed by atoms with E-state index < -0.39 is 10.9 Å². The van der Waals surface area contributed by atoms with Crippen LogP contribution in [0.3, 0.4) is 0 Å². The fraction of sp³-hybridized carbons (Fsp3) is 0.111. The van der Waals surface area contributed by atoms with Crippen LogP contribution in [0.1, 0.15) is 0 Å². The highest BCUT2D eigenvalue weighted by molar-refractivity contribution is 7.99. The maximum absolute atomic E-state index is 10.8. The van der Waals surface area contributed by atoms with E-state index in [0.29, 0.717) is 0 Å². The zero-order valence-electron chi connectivity index (χ0n) is 9.33. The smallest absolute Gasteiger partial charge is 0.351 e. The normalized spacial score (nSPS) is 10.3. The number of aliphatic carboxylic acids is 1. The molecule has 0 saturated carbocycles. The van der Waals surface area contributed by atoms with E-state index >= 15 is 0 Å². The summed E-state index contributed by atoms with van der Waals surface area (Å²) < 4.78 is 1.05. The Morgan fingerprint density at radius 2 is 2.26 bits per heavy atom. The molecule has 0 radical (unpaired) electrons. The van der Waals surface area contributed by atoms with Gasteiger partial charge in [-0.25, -0.2) is 4.98 Å². The standard InChI is InChI=1S/C9H7N5O4S/c15-8(16)5-19-9-10-3-1-6(12-9)13-7(14(17)18)2-4-11-13/h1-4H,5H2,(H,15,16). The van der Waals surface area contributed by atoms with Gasteiger partial charge < -0.3 is 15.2 Å². The van der Waals surface area contributed by atoms with Gasteiger partial charge in [0.15, 0.2) is 5.16 Å². The minimum absolute atomic E-state index is 0.190. The van der Waals surface area contributed by atoms with Crippen molar-refractivity contribution >= 4 is 23.5 Å². The lowest BCUT2D eigenvalue weighted by Crippen LogP contribution is -2.06. The van der Waals surface area contributed by atoms with Crippen LogP contribution in [0, 0.1) is 10.1 Å². The Morgan fingerprint density at radius 1 is 1.47 bits per heavy atom. The van der Waals surface area contributed by atoms with Gasteiger partial charge in [-0.05, 0) is 4.92 Å². The minimum Gasteiger partial charge on any atom is -0.481 e. The second kappa shape index (κ2) is 5.44. The first kappa shape index (κ1) is 13.0. The highest BCUT2D eigenvalue weighted by atomic mass is 32.2. The number of carbonyl (C=O) groups is 1. The van der Waals surface area contributed by atoms with E-state index in [1.807, 2.05) is 0 Å². The Labute approximate surface area is 110 Å². The molecule has 0 unspecified atom stereocenters. The molecule has 2 rings (SSSR count). The highest BCUT2D eigenvalue weighted by Gasteiger charge is 2.18. The van der Waals surface area contributed by atoms with Crippen LogP contribution in [0.25, 0.3) is 5.82 Å². The lowest BCUT2D eigenvalue weighted by molar-refractivity contribution is -0.391. The Morgan fingerprint density at radius 3 is 2.95 bits per heavy atom. The Hall–Kier alpha value is -2.49. The highest BCUT2D eigenvalue weighted by Crippen LogP contribution is 2.17. The van der Waals surface area contributed by atoms with Crippen LogP contribution < -0.4 is 0 Å². The van der Waals surface area contributed by atoms with E-state index in [2.05, 4.69) is 15.1 Å². The quantitative estimate of drug-likeness (QED) is 0.368. The van der Waals surface area contributed by atoms with Gasteiger partial charge in [0.25, 0.3) is 5.82 Å². The van der Waals surface area contributed by atoms with Gasteiger partial charge in [0.1, 0.15) is 0 Å². The van der Waals surface area contributed by atoms with Crippen molar-refractivity contribution in [2.75, 3.05) is 5.75 Å². The number of aromatic nitrogens is 4. The third-order valence-electron chi connectivity index (χ3n) is 1.97. The molecule has 10 heteroatoms. The second-order valence-electron chi connectivity index (χ2n) is 3.24. The summed E-state index contributed by atoms with van der Waals surface area (Å²) in [6.07, 6.45) is 2.67. The molecule has 0 aromatic carbocycles. The van der Waals surface area contributed by atoms with Gasteiger partial charge in [0.05, 0.1) is 18.0 Å². The van der Waals surface area contributed by atoms with Crippen LogP contribution in [0.5, 0.6) is 0 Å². The van der Waals surface area contributed by atoms with Crippen LogP contribution in [0.4, 0.5) is 5.82 Å². The average Bonchev–Trinajstić information content (AvgIpc) is 2.86. The van der Waals surface area contributed by atoms with E-state index in [1.54, 1.807) is 0 Å². The van der Waals surface area contributed by atoms with Crippen molar-refractivity contribution in [3.05, 3.63) is 34.6 Å². The Balaban J connectivity index is 2.30. The number of nitrogens with zero attached hydrogens (tertiary/aromatic N) is 5. The number of carboxylic acids is 1. The van der Waals surface area contributed by atoms with Gasteiger partial charge in [-0.2, -0.15) is 4.98 Å². The molecule has 0 amide bonds. The molecule has 0 fully saturated rings. The zero-order chi connectivity index (χ0) is 13.8. The van der Waals surface area contributed by atoms with E-state index in [4.69, 9.17) is 5.11 Å². The number of hydrogen-bond acceptors (Lipinski definition) is 7. The Kier molecular flexibility index (Phi) is 3.71. The van der Waals surface area contributed by atoms with Crippen molar-refractivity contribution in [2.24, 2.45) is 0 Å². The molecular formula is C9H7N5O4S. The molecule has 0 aliphatic heterocycles. The Bertz CT molecular complexity index is 629. The third kappa shape index (κ3) is 3.04. The van der Waals surface area contributed by atoms with Gasteiger partial charge in [-0.3, -0.25) is 4.79 Å². The van der Waals surface area contributed by atoms with Gasteiger partial charge in [-0.15, -0.1) is 0 Å². The SMILES string of the molecule is O=C(O)CSc1nccc(-n2nccc2[N+](=O)[O-])n1. The molecule has 9 nitrogen and oxygen atoms in total. The first-order valence-electron chi connectivity index (χ1n) is 4.94. The topological polar surface area (TPSA) is 124 Å². The predicted octanol–water partition coefficient (Wildman–Crippen LogP) is 0.747. The van der Waals surface area contributed by atoms with Crippen molar-refractivity contribution in [1.29, 1.82) is 0 Å². The minimum atomic E-state index is -0.996. The van der Waals surface area contributed by atoms with Crippen LogP contribution >= 0.6 is 11.8 Å². The number of nitro groups is 1. The lowest BCUT2D eigenvalue weighted by atomic mass is 10.5. The van der Waals surface area contributed by atoms with Crippen LogP contribution in [0.2, 0.25) is 0 Å². The number of thioether (sulfide) groups is 1. The van der Waals surface area contributed by atoms with E-state index in [9.17, 15) is 14.9 Å². The summed E-state index contributed by atoms with van der Waals surface area (Å²) in [5.74, 6) is -1.21. The maximum Gasteiger partial charge on any atom is 0.351 e. The van der Waals surface area contributed by atoms with E-state index in [-0.39, 0.29) is 22.5 Å². The maximum atomic E-state index is 10.8. The first-order valence-corrected chi connectivity index (χ1v) is 5.93. The summed E-state index contributed by atoms with van der Waals surface area (Å²) in [6.45, 7) is 0. The molecular weight excluding hydrogens is 274 g/mol. The fourth-order valence-corrected chi connectivity index (χ4v) is 1.80. The number of hydrogen-bond donors (Lipinski definition) is 1.